The van der Waals surface area contributed by atoms with E-state index in [2.05, 4.69) is 52.2 Å². The number of hydrogen-bond acceptors (Lipinski definition) is 6. The molecule has 1 aliphatic carbocycles. The Balaban J connectivity index is 1.28. The standard InChI is InChI=1S/C26H34N8/c1-19-18-20(2)33(29-19)13-12-24-28-25-22-10-6-7-11-23(22)27-26(34(25)30-24)32-16-14-31(15-17-32)21-8-4-3-5-9-21/h6-7,10-11,18,21H,3-5,8-9,12-17H2,1-2H3. The van der Waals surface area contributed by atoms with Crippen LogP contribution in [0.2, 0.25) is 0 Å². The fourth-order valence-electron chi connectivity index (χ4n) is 5.73. The summed E-state index contributed by atoms with van der Waals surface area (Å²) >= 11 is 0. The summed E-state index contributed by atoms with van der Waals surface area (Å²) in [6.07, 6.45) is 7.64. The van der Waals surface area contributed by atoms with Gasteiger partial charge in [-0.3, -0.25) is 9.58 Å². The fraction of sp³-hybridized carbons (Fsp3) is 0.538. The van der Waals surface area contributed by atoms with E-state index in [4.69, 9.17) is 15.1 Å². The van der Waals surface area contributed by atoms with Crippen molar-refractivity contribution in [3.8, 4) is 0 Å². The Morgan fingerprint density at radius 1 is 0.912 bits per heavy atom. The number of hydrogen-bond donors (Lipinski definition) is 0. The van der Waals surface area contributed by atoms with E-state index in [1.165, 1.54) is 37.8 Å². The predicted octanol–water partition coefficient (Wildman–Crippen LogP) is 3.79. The van der Waals surface area contributed by atoms with E-state index in [0.29, 0.717) is 0 Å². The summed E-state index contributed by atoms with van der Waals surface area (Å²) in [4.78, 5) is 15.1. The first-order chi connectivity index (χ1) is 16.7. The van der Waals surface area contributed by atoms with Crippen LogP contribution in [0.3, 0.4) is 0 Å². The molecule has 178 valence electrons. The fourth-order valence-corrected chi connectivity index (χ4v) is 5.73. The number of benzene rings is 1. The first kappa shape index (κ1) is 21.5. The van der Waals surface area contributed by atoms with Gasteiger partial charge >= 0.3 is 0 Å². The molecule has 34 heavy (non-hydrogen) atoms. The average molecular weight is 459 g/mol. The number of aromatic nitrogens is 6. The third-order valence-corrected chi connectivity index (χ3v) is 7.54. The number of anilines is 1. The second-order valence-corrected chi connectivity index (χ2v) is 9.91. The molecule has 2 aliphatic rings. The Morgan fingerprint density at radius 2 is 1.71 bits per heavy atom. The normalized spacial score (nSPS) is 18.4. The molecular formula is C26H34N8. The quantitative estimate of drug-likeness (QED) is 0.453. The van der Waals surface area contributed by atoms with Gasteiger partial charge in [0.05, 0.1) is 11.2 Å². The molecular weight excluding hydrogens is 424 g/mol. The van der Waals surface area contributed by atoms with Crippen LogP contribution in [0.1, 0.15) is 49.3 Å². The first-order valence-electron chi connectivity index (χ1n) is 12.8. The molecule has 0 spiro atoms. The van der Waals surface area contributed by atoms with E-state index < -0.39 is 0 Å². The van der Waals surface area contributed by atoms with E-state index in [1.54, 1.807) is 0 Å². The van der Waals surface area contributed by atoms with Crippen molar-refractivity contribution >= 4 is 22.5 Å². The van der Waals surface area contributed by atoms with Crippen LogP contribution in [-0.4, -0.2) is 66.5 Å². The van der Waals surface area contributed by atoms with Crippen molar-refractivity contribution in [3.63, 3.8) is 0 Å². The van der Waals surface area contributed by atoms with Crippen molar-refractivity contribution in [1.29, 1.82) is 0 Å². The number of piperazine rings is 1. The Labute approximate surface area is 200 Å². The largest absolute Gasteiger partial charge is 0.338 e. The molecule has 1 saturated carbocycles. The Morgan fingerprint density at radius 3 is 2.47 bits per heavy atom. The number of nitrogens with zero attached hydrogens (tertiary/aromatic N) is 8. The summed E-state index contributed by atoms with van der Waals surface area (Å²) < 4.78 is 4.03. The van der Waals surface area contributed by atoms with E-state index in [9.17, 15) is 0 Å². The maximum absolute atomic E-state index is 5.06. The van der Waals surface area contributed by atoms with Gasteiger partial charge in [0.2, 0.25) is 5.95 Å². The van der Waals surface area contributed by atoms with Crippen LogP contribution in [0.4, 0.5) is 5.95 Å². The molecule has 1 aliphatic heterocycles. The molecule has 0 N–H and O–H groups in total. The van der Waals surface area contributed by atoms with Gasteiger partial charge in [-0.2, -0.15) is 9.61 Å². The van der Waals surface area contributed by atoms with Crippen molar-refractivity contribution < 1.29 is 0 Å². The Bertz CT molecular complexity index is 1290. The Hall–Kier alpha value is -3.00. The SMILES string of the molecule is Cc1cc(C)n(CCc2nc3c4ccccc4nc(N4CCN(C5CCCCC5)CC4)n3n2)n1. The highest BCUT2D eigenvalue weighted by Crippen LogP contribution is 2.27. The lowest BCUT2D eigenvalue weighted by atomic mass is 9.94. The van der Waals surface area contributed by atoms with Crippen molar-refractivity contribution in [2.24, 2.45) is 0 Å². The molecule has 6 rings (SSSR count). The van der Waals surface area contributed by atoms with Gasteiger partial charge in [-0.15, -0.1) is 5.10 Å². The van der Waals surface area contributed by atoms with Gasteiger partial charge in [0.25, 0.3) is 0 Å². The highest BCUT2D eigenvalue weighted by molar-refractivity contribution is 5.92. The zero-order valence-electron chi connectivity index (χ0n) is 20.3. The zero-order valence-corrected chi connectivity index (χ0v) is 20.3. The third kappa shape index (κ3) is 4.04. The second kappa shape index (κ2) is 8.98. The third-order valence-electron chi connectivity index (χ3n) is 7.54. The van der Waals surface area contributed by atoms with Crippen LogP contribution in [0, 0.1) is 13.8 Å². The highest BCUT2D eigenvalue weighted by Gasteiger charge is 2.27. The van der Waals surface area contributed by atoms with Gasteiger partial charge < -0.3 is 4.90 Å². The van der Waals surface area contributed by atoms with Gasteiger partial charge in [-0.05, 0) is 44.9 Å². The number of rotatable bonds is 5. The Kier molecular flexibility index (Phi) is 5.69. The molecule has 4 heterocycles. The summed E-state index contributed by atoms with van der Waals surface area (Å²) in [5, 5.41) is 10.6. The number of fused-ring (bicyclic) bond motifs is 3. The smallest absolute Gasteiger partial charge is 0.229 e. The molecule has 4 aromatic rings. The van der Waals surface area contributed by atoms with Gasteiger partial charge in [0.15, 0.2) is 11.5 Å². The molecule has 0 unspecified atom stereocenters. The van der Waals surface area contributed by atoms with Crippen molar-refractivity contribution in [1.82, 2.24) is 34.3 Å². The topological polar surface area (TPSA) is 67.4 Å². The molecule has 0 bridgehead atoms. The van der Waals surface area contributed by atoms with Crippen LogP contribution >= 0.6 is 0 Å². The van der Waals surface area contributed by atoms with Gasteiger partial charge in [0.1, 0.15) is 0 Å². The molecule has 2 fully saturated rings. The molecule has 0 atom stereocenters. The minimum Gasteiger partial charge on any atom is -0.338 e. The molecule has 8 nitrogen and oxygen atoms in total. The van der Waals surface area contributed by atoms with Gasteiger partial charge in [-0.1, -0.05) is 31.4 Å². The molecule has 0 radical (unpaired) electrons. The number of aryl methyl sites for hydroxylation is 4. The summed E-state index contributed by atoms with van der Waals surface area (Å²) in [5.41, 5.74) is 4.10. The van der Waals surface area contributed by atoms with Crippen molar-refractivity contribution in [2.75, 3.05) is 31.1 Å². The summed E-state index contributed by atoms with van der Waals surface area (Å²) in [6, 6.07) is 11.2. The summed E-state index contributed by atoms with van der Waals surface area (Å²) in [5.74, 6) is 1.76. The zero-order chi connectivity index (χ0) is 23.1. The highest BCUT2D eigenvalue weighted by atomic mass is 15.4. The maximum atomic E-state index is 5.06. The van der Waals surface area contributed by atoms with E-state index >= 15 is 0 Å². The van der Waals surface area contributed by atoms with Crippen LogP contribution in [0.5, 0.6) is 0 Å². The predicted molar refractivity (Wildman–Crippen MR) is 134 cm³/mol. The van der Waals surface area contributed by atoms with Crippen LogP contribution in [0.25, 0.3) is 16.6 Å². The summed E-state index contributed by atoms with van der Waals surface area (Å²) in [7, 11) is 0. The van der Waals surface area contributed by atoms with Crippen LogP contribution in [-0.2, 0) is 13.0 Å². The lowest BCUT2D eigenvalue weighted by Gasteiger charge is -2.41. The van der Waals surface area contributed by atoms with Crippen molar-refractivity contribution in [3.05, 3.63) is 47.5 Å². The second-order valence-electron chi connectivity index (χ2n) is 9.91. The van der Waals surface area contributed by atoms with Crippen molar-refractivity contribution in [2.45, 2.75) is 65.0 Å². The average Bonchev–Trinajstić information content (AvgIpc) is 3.45. The molecule has 0 amide bonds. The maximum Gasteiger partial charge on any atom is 0.229 e. The van der Waals surface area contributed by atoms with E-state index in [0.717, 1.165) is 79.2 Å². The molecule has 3 aromatic heterocycles. The summed E-state index contributed by atoms with van der Waals surface area (Å²) in [6.45, 7) is 9.07. The van der Waals surface area contributed by atoms with E-state index in [-0.39, 0.29) is 0 Å². The van der Waals surface area contributed by atoms with E-state index in [1.807, 2.05) is 16.1 Å². The molecule has 1 saturated heterocycles. The lowest BCUT2D eigenvalue weighted by molar-refractivity contribution is 0.147. The van der Waals surface area contributed by atoms with Gasteiger partial charge in [-0.25, -0.2) is 9.97 Å². The first-order valence-corrected chi connectivity index (χ1v) is 12.8. The lowest BCUT2D eigenvalue weighted by Crippen LogP contribution is -2.51. The molecule has 8 heteroatoms. The van der Waals surface area contributed by atoms with Gasteiger partial charge in [0, 0.05) is 56.3 Å². The monoisotopic (exact) mass is 458 g/mol. The minimum absolute atomic E-state index is 0.743. The minimum atomic E-state index is 0.743. The number of para-hydroxylation sites is 1. The van der Waals surface area contributed by atoms with Crippen LogP contribution in [0.15, 0.2) is 30.3 Å². The van der Waals surface area contributed by atoms with Crippen LogP contribution < -0.4 is 4.90 Å². The molecule has 1 aromatic carbocycles.